The van der Waals surface area contributed by atoms with E-state index in [1.807, 2.05) is 12.1 Å². The Morgan fingerprint density at radius 1 is 1.21 bits per heavy atom. The molecule has 5 nitrogen and oxygen atoms in total. The molecule has 1 aliphatic heterocycles. The molecule has 1 aromatic heterocycles. The van der Waals surface area contributed by atoms with Gasteiger partial charge in [0.15, 0.2) is 0 Å². The van der Waals surface area contributed by atoms with Crippen LogP contribution in [0.5, 0.6) is 0 Å². The van der Waals surface area contributed by atoms with Crippen molar-refractivity contribution in [3.63, 3.8) is 0 Å². The molecule has 1 amide bonds. The number of carbonyl (C=O) groups is 1. The van der Waals surface area contributed by atoms with Crippen LogP contribution in [0.3, 0.4) is 0 Å². The van der Waals surface area contributed by atoms with Gasteiger partial charge in [-0.3, -0.25) is 14.7 Å². The maximum Gasteiger partial charge on any atom is 0.416 e. The summed E-state index contributed by atoms with van der Waals surface area (Å²) in [5.74, 6) is -0.0579. The molecule has 0 radical (unpaired) electrons. The van der Waals surface area contributed by atoms with E-state index in [9.17, 15) is 18.0 Å². The van der Waals surface area contributed by atoms with Crippen LogP contribution in [0.2, 0.25) is 0 Å². The second kappa shape index (κ2) is 8.70. The molecule has 8 heteroatoms. The molecule has 0 spiro atoms. The van der Waals surface area contributed by atoms with Gasteiger partial charge in [-0.1, -0.05) is 18.2 Å². The van der Waals surface area contributed by atoms with Gasteiger partial charge in [0.25, 0.3) is 0 Å². The summed E-state index contributed by atoms with van der Waals surface area (Å²) >= 11 is 0. The van der Waals surface area contributed by atoms with Crippen molar-refractivity contribution in [1.82, 2.24) is 20.5 Å². The SMILES string of the molecule is CNC(=O)[C@@H]1C[C@@H](NCc2cccc(C(F)(F)F)c2)CN1Cc1ccncc1. The first-order valence-electron chi connectivity index (χ1n) is 9.11. The molecule has 150 valence electrons. The van der Waals surface area contributed by atoms with Crippen molar-refractivity contribution in [3.8, 4) is 0 Å². The summed E-state index contributed by atoms with van der Waals surface area (Å²) in [4.78, 5) is 18.4. The minimum absolute atomic E-state index is 0.0127. The van der Waals surface area contributed by atoms with E-state index in [-0.39, 0.29) is 18.0 Å². The van der Waals surface area contributed by atoms with Gasteiger partial charge >= 0.3 is 6.18 Å². The molecule has 2 aromatic rings. The molecular formula is C20H23F3N4O. The van der Waals surface area contributed by atoms with Crippen molar-refractivity contribution in [2.24, 2.45) is 0 Å². The molecule has 0 aliphatic carbocycles. The van der Waals surface area contributed by atoms with Crippen molar-refractivity contribution in [1.29, 1.82) is 0 Å². The number of carbonyl (C=O) groups excluding carboxylic acids is 1. The predicted molar refractivity (Wildman–Crippen MR) is 99.2 cm³/mol. The number of halogens is 3. The van der Waals surface area contributed by atoms with Crippen LogP contribution in [-0.2, 0) is 24.1 Å². The lowest BCUT2D eigenvalue weighted by molar-refractivity contribution is -0.137. The molecular weight excluding hydrogens is 369 g/mol. The van der Waals surface area contributed by atoms with Crippen molar-refractivity contribution in [3.05, 3.63) is 65.5 Å². The summed E-state index contributed by atoms with van der Waals surface area (Å²) in [6.45, 7) is 1.57. The second-order valence-corrected chi connectivity index (χ2v) is 6.93. The van der Waals surface area contributed by atoms with Gasteiger partial charge in [-0.15, -0.1) is 0 Å². The van der Waals surface area contributed by atoms with E-state index in [1.54, 1.807) is 25.5 Å². The molecule has 3 rings (SSSR count). The van der Waals surface area contributed by atoms with E-state index in [0.29, 0.717) is 31.6 Å². The first-order chi connectivity index (χ1) is 13.4. The van der Waals surface area contributed by atoms with Crippen LogP contribution >= 0.6 is 0 Å². The lowest BCUT2D eigenvalue weighted by Crippen LogP contribution is -2.41. The van der Waals surface area contributed by atoms with Crippen LogP contribution in [0.1, 0.15) is 23.1 Å². The van der Waals surface area contributed by atoms with E-state index in [0.717, 1.165) is 17.7 Å². The zero-order chi connectivity index (χ0) is 20.1. The minimum Gasteiger partial charge on any atom is -0.358 e. The molecule has 1 aliphatic rings. The fourth-order valence-corrected chi connectivity index (χ4v) is 3.51. The van der Waals surface area contributed by atoms with Gasteiger partial charge in [-0.2, -0.15) is 13.2 Å². The molecule has 1 aromatic carbocycles. The minimum atomic E-state index is -4.35. The summed E-state index contributed by atoms with van der Waals surface area (Å²) in [6, 6.07) is 8.86. The van der Waals surface area contributed by atoms with E-state index in [2.05, 4.69) is 20.5 Å². The zero-order valence-electron chi connectivity index (χ0n) is 15.5. The Bertz CT molecular complexity index is 798. The summed E-state index contributed by atoms with van der Waals surface area (Å²) < 4.78 is 38.6. The topological polar surface area (TPSA) is 57.3 Å². The molecule has 2 N–H and O–H groups in total. The van der Waals surface area contributed by atoms with Crippen LogP contribution < -0.4 is 10.6 Å². The number of alkyl halides is 3. The average molecular weight is 392 g/mol. The number of nitrogens with one attached hydrogen (secondary N) is 2. The molecule has 1 fully saturated rings. The Balaban J connectivity index is 1.64. The number of benzene rings is 1. The zero-order valence-corrected chi connectivity index (χ0v) is 15.5. The van der Waals surface area contributed by atoms with Gasteiger partial charge in [0.1, 0.15) is 0 Å². The molecule has 2 heterocycles. The number of likely N-dealkylation sites (tertiary alicyclic amines) is 1. The number of amides is 1. The molecule has 0 unspecified atom stereocenters. The Morgan fingerprint density at radius 3 is 2.64 bits per heavy atom. The highest BCUT2D eigenvalue weighted by Crippen LogP contribution is 2.29. The van der Waals surface area contributed by atoms with E-state index >= 15 is 0 Å². The van der Waals surface area contributed by atoms with Gasteiger partial charge in [-0.05, 0) is 35.7 Å². The van der Waals surface area contributed by atoms with Gasteiger partial charge in [0.2, 0.25) is 5.91 Å². The van der Waals surface area contributed by atoms with Crippen molar-refractivity contribution in [2.45, 2.75) is 37.8 Å². The second-order valence-electron chi connectivity index (χ2n) is 6.93. The average Bonchev–Trinajstić information content (AvgIpc) is 3.09. The van der Waals surface area contributed by atoms with Crippen LogP contribution in [0.15, 0.2) is 48.8 Å². The van der Waals surface area contributed by atoms with Crippen LogP contribution in [0.25, 0.3) is 0 Å². The highest BCUT2D eigenvalue weighted by atomic mass is 19.4. The number of rotatable bonds is 6. The highest BCUT2D eigenvalue weighted by Gasteiger charge is 2.36. The van der Waals surface area contributed by atoms with Crippen molar-refractivity contribution in [2.75, 3.05) is 13.6 Å². The lowest BCUT2D eigenvalue weighted by atomic mass is 10.1. The summed E-state index contributed by atoms with van der Waals surface area (Å²) in [5, 5.41) is 6.00. The maximum absolute atomic E-state index is 12.9. The van der Waals surface area contributed by atoms with E-state index in [4.69, 9.17) is 0 Å². The molecule has 28 heavy (non-hydrogen) atoms. The normalized spacial score (nSPS) is 20.3. The molecule has 2 atom stereocenters. The van der Waals surface area contributed by atoms with Crippen molar-refractivity contribution < 1.29 is 18.0 Å². The van der Waals surface area contributed by atoms with Gasteiger partial charge in [0.05, 0.1) is 11.6 Å². The third-order valence-electron chi connectivity index (χ3n) is 4.94. The smallest absolute Gasteiger partial charge is 0.358 e. The number of pyridine rings is 1. The van der Waals surface area contributed by atoms with E-state index in [1.165, 1.54) is 6.07 Å². The fraction of sp³-hybridized carbons (Fsp3) is 0.400. The maximum atomic E-state index is 12.9. The third kappa shape index (κ3) is 5.08. The Labute approximate surface area is 162 Å². The summed E-state index contributed by atoms with van der Waals surface area (Å²) in [6.07, 6.45) is -0.327. The Kier molecular flexibility index (Phi) is 6.31. The standard InChI is InChI=1S/C20H23F3N4O/c1-24-19(28)18-10-17(13-27(18)12-14-5-7-25-8-6-14)26-11-15-3-2-4-16(9-15)20(21,22)23/h2-9,17-18,26H,10-13H2,1H3,(H,24,28)/t17-,18+/m1/s1. The largest absolute Gasteiger partial charge is 0.416 e. The fourth-order valence-electron chi connectivity index (χ4n) is 3.51. The lowest BCUT2D eigenvalue weighted by Gasteiger charge is -2.22. The van der Waals surface area contributed by atoms with Crippen LogP contribution in [-0.4, -0.2) is 41.5 Å². The quantitative estimate of drug-likeness (QED) is 0.794. The highest BCUT2D eigenvalue weighted by molar-refractivity contribution is 5.81. The number of likely N-dealkylation sites (N-methyl/N-ethyl adjacent to an activating group) is 1. The van der Waals surface area contributed by atoms with Gasteiger partial charge < -0.3 is 10.6 Å². The monoisotopic (exact) mass is 392 g/mol. The summed E-state index contributed by atoms with van der Waals surface area (Å²) in [5.41, 5.74) is 0.974. The Morgan fingerprint density at radius 2 is 1.96 bits per heavy atom. The van der Waals surface area contributed by atoms with E-state index < -0.39 is 11.7 Å². The van der Waals surface area contributed by atoms with Crippen molar-refractivity contribution >= 4 is 5.91 Å². The first-order valence-corrected chi connectivity index (χ1v) is 9.11. The third-order valence-corrected chi connectivity index (χ3v) is 4.94. The van der Waals surface area contributed by atoms with Crippen LogP contribution in [0, 0.1) is 0 Å². The number of hydrogen-bond donors (Lipinski definition) is 2. The van der Waals surface area contributed by atoms with Gasteiger partial charge in [-0.25, -0.2) is 0 Å². The molecule has 1 saturated heterocycles. The number of hydrogen-bond acceptors (Lipinski definition) is 4. The van der Waals surface area contributed by atoms with Crippen LogP contribution in [0.4, 0.5) is 13.2 Å². The molecule has 0 bridgehead atoms. The first kappa shape index (κ1) is 20.3. The van der Waals surface area contributed by atoms with Gasteiger partial charge in [0, 0.05) is 45.1 Å². The molecule has 0 saturated carbocycles. The Hall–Kier alpha value is -2.45. The predicted octanol–water partition coefficient (Wildman–Crippen LogP) is 2.58. The summed E-state index contributed by atoms with van der Waals surface area (Å²) in [7, 11) is 1.61. The number of nitrogens with zero attached hydrogens (tertiary/aromatic N) is 2. The number of aromatic nitrogens is 1.